The largest absolute Gasteiger partial charge is 0.266 e. The highest BCUT2D eigenvalue weighted by Gasteiger charge is 2.19. The maximum Gasteiger partial charge on any atom is 0.266 e. The van der Waals surface area contributed by atoms with Crippen molar-refractivity contribution in [3.63, 3.8) is 0 Å². The summed E-state index contributed by atoms with van der Waals surface area (Å²) in [6, 6.07) is 5.16. The molecule has 1 aromatic heterocycles. The molecule has 0 spiro atoms. The molecule has 0 bridgehead atoms. The predicted octanol–water partition coefficient (Wildman–Crippen LogP) is 2.85. The molecule has 0 fully saturated rings. The van der Waals surface area contributed by atoms with Crippen LogP contribution in [0.25, 0.3) is 0 Å². The van der Waals surface area contributed by atoms with Crippen LogP contribution in [0, 0.1) is 5.82 Å². The first kappa shape index (κ1) is 12.5. The molecule has 1 aromatic carbocycles. The number of aromatic nitrogens is 1. The molecule has 0 aliphatic carbocycles. The normalized spacial score (nSPS) is 11.4. The van der Waals surface area contributed by atoms with Gasteiger partial charge in [-0.1, -0.05) is 23.5 Å². The fourth-order valence-corrected chi connectivity index (χ4v) is 3.56. The van der Waals surface area contributed by atoms with Gasteiger partial charge in [-0.3, -0.25) is 4.72 Å². The summed E-state index contributed by atoms with van der Waals surface area (Å²) in [6.45, 7) is 0. The third-order valence-corrected chi connectivity index (χ3v) is 4.72. The van der Waals surface area contributed by atoms with Crippen LogP contribution in [-0.4, -0.2) is 13.4 Å². The Morgan fingerprint density at radius 3 is 2.65 bits per heavy atom. The average Bonchev–Trinajstić information content (AvgIpc) is 2.63. The highest BCUT2D eigenvalue weighted by atomic mass is 79.9. The number of sulfonamides is 1. The average molecular weight is 337 g/mol. The molecular weight excluding hydrogens is 331 g/mol. The lowest BCUT2D eigenvalue weighted by molar-refractivity contribution is 0.570. The van der Waals surface area contributed by atoms with E-state index >= 15 is 0 Å². The van der Waals surface area contributed by atoms with Crippen molar-refractivity contribution in [3.8, 4) is 0 Å². The zero-order chi connectivity index (χ0) is 12.5. The summed E-state index contributed by atoms with van der Waals surface area (Å²) in [4.78, 5) is 3.42. The first-order chi connectivity index (χ1) is 7.99. The molecule has 0 saturated heterocycles. The summed E-state index contributed by atoms with van der Waals surface area (Å²) in [7, 11) is -3.93. The Hall–Kier alpha value is -0.990. The standard InChI is InChI=1S/C9H6BrFN2O2S2/c10-8-5-12-9(16-8)13-17(14,15)7-4-2-1-3-6(7)11/h1-5H,(H,12,13). The van der Waals surface area contributed by atoms with E-state index in [0.29, 0.717) is 3.79 Å². The second-order valence-electron chi connectivity index (χ2n) is 3.01. The number of anilines is 1. The van der Waals surface area contributed by atoms with E-state index in [0.717, 1.165) is 17.4 Å². The Labute approximate surface area is 110 Å². The lowest BCUT2D eigenvalue weighted by Crippen LogP contribution is -2.14. The van der Waals surface area contributed by atoms with Crippen molar-refractivity contribution in [2.24, 2.45) is 0 Å². The molecule has 90 valence electrons. The highest BCUT2D eigenvalue weighted by Crippen LogP contribution is 2.26. The summed E-state index contributed by atoms with van der Waals surface area (Å²) in [6.07, 6.45) is 1.46. The summed E-state index contributed by atoms with van der Waals surface area (Å²) in [5, 5.41) is 0.181. The molecule has 4 nitrogen and oxygen atoms in total. The second kappa shape index (κ2) is 4.71. The van der Waals surface area contributed by atoms with Gasteiger partial charge in [0, 0.05) is 0 Å². The van der Waals surface area contributed by atoms with Gasteiger partial charge in [-0.25, -0.2) is 17.8 Å². The number of thiazole rings is 1. The lowest BCUT2D eigenvalue weighted by atomic mass is 10.4. The van der Waals surface area contributed by atoms with E-state index in [4.69, 9.17) is 0 Å². The van der Waals surface area contributed by atoms with Gasteiger partial charge in [-0.15, -0.1) is 0 Å². The van der Waals surface area contributed by atoms with Crippen molar-refractivity contribution in [3.05, 3.63) is 40.1 Å². The minimum Gasteiger partial charge on any atom is -0.255 e. The molecular formula is C9H6BrFN2O2S2. The zero-order valence-electron chi connectivity index (χ0n) is 8.22. The zero-order valence-corrected chi connectivity index (χ0v) is 11.4. The minimum atomic E-state index is -3.93. The van der Waals surface area contributed by atoms with Crippen LogP contribution in [0.1, 0.15) is 0 Å². The number of hydrogen-bond acceptors (Lipinski definition) is 4. The van der Waals surface area contributed by atoms with Gasteiger partial charge in [0.15, 0.2) is 5.13 Å². The summed E-state index contributed by atoms with van der Waals surface area (Å²) in [5.74, 6) is -0.796. The van der Waals surface area contributed by atoms with Gasteiger partial charge in [0.2, 0.25) is 0 Å². The smallest absolute Gasteiger partial charge is 0.255 e. The molecule has 1 N–H and O–H groups in total. The molecule has 0 saturated carbocycles. The van der Waals surface area contributed by atoms with E-state index in [1.807, 2.05) is 0 Å². The number of benzene rings is 1. The Kier molecular flexibility index (Phi) is 3.45. The van der Waals surface area contributed by atoms with Crippen molar-refractivity contribution in [1.82, 2.24) is 4.98 Å². The third kappa shape index (κ3) is 2.82. The Bertz CT molecular complexity index is 642. The molecule has 0 atom stereocenters. The van der Waals surface area contributed by atoms with E-state index in [9.17, 15) is 12.8 Å². The van der Waals surface area contributed by atoms with Gasteiger partial charge in [-0.05, 0) is 28.1 Å². The van der Waals surface area contributed by atoms with E-state index in [1.165, 1.54) is 24.4 Å². The molecule has 2 rings (SSSR count). The van der Waals surface area contributed by atoms with E-state index in [-0.39, 0.29) is 5.13 Å². The first-order valence-corrected chi connectivity index (χ1v) is 7.47. The Morgan fingerprint density at radius 1 is 1.35 bits per heavy atom. The van der Waals surface area contributed by atoms with Crippen molar-refractivity contribution in [1.29, 1.82) is 0 Å². The first-order valence-electron chi connectivity index (χ1n) is 4.38. The maximum atomic E-state index is 13.3. The number of rotatable bonds is 3. The van der Waals surface area contributed by atoms with Crippen LogP contribution in [0.3, 0.4) is 0 Å². The van der Waals surface area contributed by atoms with Crippen molar-refractivity contribution in [2.75, 3.05) is 4.72 Å². The van der Waals surface area contributed by atoms with Gasteiger partial charge in [-0.2, -0.15) is 0 Å². The molecule has 0 aliphatic rings. The van der Waals surface area contributed by atoms with E-state index in [2.05, 4.69) is 25.6 Å². The second-order valence-corrected chi connectivity index (χ2v) is 7.07. The molecule has 1 heterocycles. The van der Waals surface area contributed by atoms with Gasteiger partial charge < -0.3 is 0 Å². The SMILES string of the molecule is O=S(=O)(Nc1ncc(Br)s1)c1ccccc1F. The molecule has 0 radical (unpaired) electrons. The Balaban J connectivity index is 2.35. The van der Waals surface area contributed by atoms with Crippen LogP contribution in [0.2, 0.25) is 0 Å². The fraction of sp³-hybridized carbons (Fsp3) is 0. The summed E-state index contributed by atoms with van der Waals surface area (Å²) >= 11 is 4.27. The quantitative estimate of drug-likeness (QED) is 0.937. The third-order valence-electron chi connectivity index (χ3n) is 1.83. The number of halogens is 2. The van der Waals surface area contributed by atoms with E-state index < -0.39 is 20.7 Å². The summed E-state index contributed by atoms with van der Waals surface area (Å²) in [5.41, 5.74) is 0. The predicted molar refractivity (Wildman–Crippen MR) is 67.0 cm³/mol. The molecule has 0 amide bonds. The van der Waals surface area contributed by atoms with Gasteiger partial charge in [0.25, 0.3) is 10.0 Å². The van der Waals surface area contributed by atoms with Gasteiger partial charge in [0.1, 0.15) is 10.7 Å². The van der Waals surface area contributed by atoms with Gasteiger partial charge in [0.05, 0.1) is 9.98 Å². The van der Waals surface area contributed by atoms with Crippen molar-refractivity contribution < 1.29 is 12.8 Å². The van der Waals surface area contributed by atoms with Crippen LogP contribution in [0.5, 0.6) is 0 Å². The maximum absolute atomic E-state index is 13.3. The van der Waals surface area contributed by atoms with Crippen LogP contribution >= 0.6 is 27.3 Å². The van der Waals surface area contributed by atoms with Crippen LogP contribution in [-0.2, 0) is 10.0 Å². The highest BCUT2D eigenvalue weighted by molar-refractivity contribution is 9.11. The monoisotopic (exact) mass is 336 g/mol. The van der Waals surface area contributed by atoms with Crippen LogP contribution in [0.4, 0.5) is 9.52 Å². The molecule has 8 heteroatoms. The number of nitrogens with zero attached hydrogens (tertiary/aromatic N) is 1. The Morgan fingerprint density at radius 2 is 2.06 bits per heavy atom. The molecule has 17 heavy (non-hydrogen) atoms. The number of hydrogen-bond donors (Lipinski definition) is 1. The van der Waals surface area contributed by atoms with Crippen LogP contribution < -0.4 is 4.72 Å². The van der Waals surface area contributed by atoms with Crippen LogP contribution in [0.15, 0.2) is 39.1 Å². The molecule has 0 aliphatic heterocycles. The minimum absolute atomic E-state index is 0.181. The van der Waals surface area contributed by atoms with Crippen molar-refractivity contribution >= 4 is 42.4 Å². The molecule has 2 aromatic rings. The molecule has 0 unspecified atom stereocenters. The lowest BCUT2D eigenvalue weighted by Gasteiger charge is -2.05. The van der Waals surface area contributed by atoms with E-state index in [1.54, 1.807) is 0 Å². The summed E-state index contributed by atoms with van der Waals surface area (Å²) < 4.78 is 39.9. The van der Waals surface area contributed by atoms with Crippen molar-refractivity contribution in [2.45, 2.75) is 4.90 Å². The fourth-order valence-electron chi connectivity index (χ4n) is 1.13. The topological polar surface area (TPSA) is 59.1 Å². The number of nitrogens with one attached hydrogen (secondary N) is 1. The van der Waals surface area contributed by atoms with Gasteiger partial charge >= 0.3 is 0 Å².